The van der Waals surface area contributed by atoms with Gasteiger partial charge in [-0.15, -0.1) is 13.2 Å². The number of nitrogens with one attached hydrogen (secondary N) is 2. The van der Waals surface area contributed by atoms with Crippen LogP contribution in [0.1, 0.15) is 44.2 Å². The minimum Gasteiger partial charge on any atom is -0.381 e. The molecule has 1 saturated heterocycles. The van der Waals surface area contributed by atoms with Gasteiger partial charge in [0.15, 0.2) is 11.6 Å². The molecule has 7 nitrogen and oxygen atoms in total. The van der Waals surface area contributed by atoms with Crippen LogP contribution in [-0.4, -0.2) is 55.3 Å². The fourth-order valence-corrected chi connectivity index (χ4v) is 5.35. The van der Waals surface area contributed by atoms with Crippen molar-refractivity contribution in [2.45, 2.75) is 57.3 Å². The van der Waals surface area contributed by atoms with Crippen LogP contribution in [0.3, 0.4) is 0 Å². The third-order valence-corrected chi connectivity index (χ3v) is 7.76. The van der Waals surface area contributed by atoms with Gasteiger partial charge in [0.1, 0.15) is 0 Å². The Hall–Kier alpha value is -2.52. The second-order valence-corrected chi connectivity index (χ2v) is 10.6. The standard InChI is InChI=1S/C27H32ClF4N5O2/c28-22-15-35-20(13-18-1-3-19(4-2-18)34-9-12-39-27(30,31)32)14-21(22)24-6-5-23(29)25(37-24)36-17-26(16-33)7-10-38-11-8-26/h5-6,14-15,18-19,34H,1-4,7-13,17H2,(H,36,37). The van der Waals surface area contributed by atoms with Crippen LogP contribution in [0, 0.1) is 28.5 Å². The van der Waals surface area contributed by atoms with Crippen LogP contribution >= 0.6 is 11.6 Å². The van der Waals surface area contributed by atoms with E-state index >= 15 is 0 Å². The first kappa shape index (κ1) is 29.5. The van der Waals surface area contributed by atoms with Crippen LogP contribution in [0.25, 0.3) is 11.3 Å². The molecule has 0 aromatic carbocycles. The smallest absolute Gasteiger partial charge is 0.381 e. The molecule has 0 unspecified atom stereocenters. The highest BCUT2D eigenvalue weighted by atomic mass is 35.5. The van der Waals surface area contributed by atoms with E-state index in [-0.39, 0.29) is 24.9 Å². The highest BCUT2D eigenvalue weighted by Gasteiger charge is 2.33. The largest absolute Gasteiger partial charge is 0.522 e. The molecule has 2 aromatic heterocycles. The Morgan fingerprint density at radius 1 is 1.18 bits per heavy atom. The molecule has 2 aromatic rings. The zero-order valence-corrected chi connectivity index (χ0v) is 22.3. The lowest BCUT2D eigenvalue weighted by atomic mass is 9.82. The molecule has 39 heavy (non-hydrogen) atoms. The number of nitrogens with zero attached hydrogens (tertiary/aromatic N) is 3. The summed E-state index contributed by atoms with van der Waals surface area (Å²) in [5.74, 6) is -0.0646. The summed E-state index contributed by atoms with van der Waals surface area (Å²) in [6.45, 7) is 1.02. The second-order valence-electron chi connectivity index (χ2n) is 10.2. The number of alkyl halides is 3. The van der Waals surface area contributed by atoms with Gasteiger partial charge in [0.2, 0.25) is 0 Å². The van der Waals surface area contributed by atoms with Gasteiger partial charge >= 0.3 is 6.36 Å². The van der Waals surface area contributed by atoms with Crippen molar-refractivity contribution in [2.24, 2.45) is 11.3 Å². The molecule has 2 aliphatic rings. The first-order chi connectivity index (χ1) is 18.7. The molecule has 2 fully saturated rings. The number of ether oxygens (including phenoxy) is 2. The lowest BCUT2D eigenvalue weighted by Crippen LogP contribution is -2.36. The highest BCUT2D eigenvalue weighted by molar-refractivity contribution is 6.33. The van der Waals surface area contributed by atoms with Crippen molar-refractivity contribution in [3.63, 3.8) is 0 Å². The van der Waals surface area contributed by atoms with E-state index in [1.807, 2.05) is 6.07 Å². The number of hydrogen-bond donors (Lipinski definition) is 2. The van der Waals surface area contributed by atoms with Crippen LogP contribution in [-0.2, 0) is 15.9 Å². The van der Waals surface area contributed by atoms with E-state index in [0.717, 1.165) is 37.8 Å². The highest BCUT2D eigenvalue weighted by Crippen LogP contribution is 2.33. The predicted octanol–water partition coefficient (Wildman–Crippen LogP) is 5.90. The molecule has 0 radical (unpaired) electrons. The van der Waals surface area contributed by atoms with E-state index in [1.54, 1.807) is 12.3 Å². The Morgan fingerprint density at radius 2 is 1.92 bits per heavy atom. The van der Waals surface area contributed by atoms with Crippen molar-refractivity contribution in [3.8, 4) is 17.3 Å². The third-order valence-electron chi connectivity index (χ3n) is 7.46. The lowest BCUT2D eigenvalue weighted by molar-refractivity contribution is -0.323. The molecule has 212 valence electrons. The summed E-state index contributed by atoms with van der Waals surface area (Å²) < 4.78 is 60.1. The Balaban J connectivity index is 1.35. The molecule has 12 heteroatoms. The maximum atomic E-state index is 14.6. The van der Waals surface area contributed by atoms with Crippen molar-refractivity contribution >= 4 is 17.4 Å². The number of aromatic nitrogens is 2. The normalized spacial score (nSPS) is 21.3. The van der Waals surface area contributed by atoms with Gasteiger partial charge in [0.05, 0.1) is 28.8 Å². The minimum absolute atomic E-state index is 0.0644. The van der Waals surface area contributed by atoms with Gasteiger partial charge in [-0.2, -0.15) is 5.26 Å². The summed E-state index contributed by atoms with van der Waals surface area (Å²) in [7, 11) is 0. The molecule has 4 rings (SSSR count). The first-order valence-electron chi connectivity index (χ1n) is 13.1. The van der Waals surface area contributed by atoms with Gasteiger partial charge < -0.3 is 15.4 Å². The van der Waals surface area contributed by atoms with Gasteiger partial charge in [0, 0.05) is 49.8 Å². The molecule has 1 saturated carbocycles. The molecule has 0 atom stereocenters. The monoisotopic (exact) mass is 569 g/mol. The van der Waals surface area contributed by atoms with E-state index in [2.05, 4.69) is 31.4 Å². The Bertz CT molecular complexity index is 1150. The third kappa shape index (κ3) is 8.48. The van der Waals surface area contributed by atoms with E-state index in [4.69, 9.17) is 16.3 Å². The molecular formula is C27H32ClF4N5O2. The van der Waals surface area contributed by atoms with Gasteiger partial charge in [0.25, 0.3) is 0 Å². The zero-order chi connectivity index (χ0) is 27.9. The summed E-state index contributed by atoms with van der Waals surface area (Å²) >= 11 is 6.45. The molecule has 0 spiro atoms. The molecule has 0 amide bonds. The summed E-state index contributed by atoms with van der Waals surface area (Å²) in [4.78, 5) is 8.96. The number of hydrogen-bond acceptors (Lipinski definition) is 7. The average molecular weight is 570 g/mol. The fraction of sp³-hybridized carbons (Fsp3) is 0.593. The molecule has 3 heterocycles. The van der Waals surface area contributed by atoms with Crippen molar-refractivity contribution in [1.29, 1.82) is 5.26 Å². The van der Waals surface area contributed by atoms with Crippen LogP contribution in [0.4, 0.5) is 23.4 Å². The van der Waals surface area contributed by atoms with Crippen LogP contribution < -0.4 is 10.6 Å². The summed E-state index contributed by atoms with van der Waals surface area (Å²) in [6.07, 6.45) is 2.42. The number of nitriles is 1. The molecule has 0 bridgehead atoms. The molecular weight excluding hydrogens is 538 g/mol. The molecule has 1 aliphatic carbocycles. The van der Waals surface area contributed by atoms with Gasteiger partial charge in [-0.25, -0.2) is 9.37 Å². The fourth-order valence-electron chi connectivity index (χ4n) is 5.15. The van der Waals surface area contributed by atoms with Crippen molar-refractivity contribution in [2.75, 3.05) is 38.2 Å². The summed E-state index contributed by atoms with van der Waals surface area (Å²) in [5.41, 5.74) is 1.36. The van der Waals surface area contributed by atoms with Gasteiger partial charge in [-0.05, 0) is 69.1 Å². The van der Waals surface area contributed by atoms with E-state index < -0.39 is 24.2 Å². The topological polar surface area (TPSA) is 92.1 Å². The maximum absolute atomic E-state index is 14.6. The molecule has 1 aliphatic heterocycles. The zero-order valence-electron chi connectivity index (χ0n) is 21.5. The number of anilines is 1. The van der Waals surface area contributed by atoms with E-state index in [1.165, 1.54) is 6.07 Å². The summed E-state index contributed by atoms with van der Waals surface area (Å²) in [6, 6.07) is 7.30. The number of halogens is 5. The predicted molar refractivity (Wildman–Crippen MR) is 138 cm³/mol. The summed E-state index contributed by atoms with van der Waals surface area (Å²) in [5, 5.41) is 16.2. The van der Waals surface area contributed by atoms with Crippen LogP contribution in [0.2, 0.25) is 5.02 Å². The van der Waals surface area contributed by atoms with Crippen molar-refractivity contribution in [3.05, 3.63) is 40.9 Å². The van der Waals surface area contributed by atoms with Gasteiger partial charge in [-0.3, -0.25) is 9.72 Å². The number of rotatable bonds is 10. The Morgan fingerprint density at radius 3 is 2.62 bits per heavy atom. The second kappa shape index (κ2) is 13.2. The van der Waals surface area contributed by atoms with Crippen molar-refractivity contribution in [1.82, 2.24) is 15.3 Å². The SMILES string of the molecule is N#CC1(CNc2nc(-c3cc(CC4CCC(NCCOC(F)(F)F)CC4)ncc3Cl)ccc2F)CCOCC1. The first-order valence-corrected chi connectivity index (χ1v) is 13.5. The molecule has 2 N–H and O–H groups in total. The Labute approximate surface area is 230 Å². The quantitative estimate of drug-likeness (QED) is 0.272. The van der Waals surface area contributed by atoms with Crippen LogP contribution in [0.15, 0.2) is 24.4 Å². The lowest BCUT2D eigenvalue weighted by Gasteiger charge is -2.30. The van der Waals surface area contributed by atoms with Gasteiger partial charge in [-0.1, -0.05) is 11.6 Å². The Kier molecular flexibility index (Phi) is 9.99. The minimum atomic E-state index is -4.60. The van der Waals surface area contributed by atoms with E-state index in [0.29, 0.717) is 48.3 Å². The van der Waals surface area contributed by atoms with Crippen LogP contribution in [0.5, 0.6) is 0 Å². The number of pyridine rings is 2. The van der Waals surface area contributed by atoms with Crippen molar-refractivity contribution < 1.29 is 27.0 Å². The maximum Gasteiger partial charge on any atom is 0.522 e. The average Bonchev–Trinajstić information content (AvgIpc) is 2.93. The van der Waals surface area contributed by atoms with E-state index in [9.17, 15) is 22.8 Å².